The number of rotatable bonds is 4. The number of quaternary nitrogens is 1. The molecule has 5 nitrogen and oxygen atoms in total. The number of carbonyl (C=O) groups excluding carboxylic acids is 1. The van der Waals surface area contributed by atoms with Crippen molar-refractivity contribution in [2.45, 2.75) is 30.7 Å². The molecule has 0 spiro atoms. The highest BCUT2D eigenvalue weighted by atomic mass is 16.6. The number of hydrogen-bond acceptors (Lipinski definition) is 4. The molecule has 4 fully saturated rings. The Hall–Kier alpha value is -2.21. The van der Waals surface area contributed by atoms with Crippen LogP contribution in [0.5, 0.6) is 0 Å². The molecule has 0 radical (unpaired) electrons. The van der Waals surface area contributed by atoms with Gasteiger partial charge in [-0.1, -0.05) is 48.5 Å². The summed E-state index contributed by atoms with van der Waals surface area (Å²) in [5, 5.41) is 11.7. The van der Waals surface area contributed by atoms with E-state index in [1.165, 1.54) is 0 Å². The molecule has 1 N–H and O–H groups in total. The summed E-state index contributed by atoms with van der Waals surface area (Å²) in [4.78, 5) is 13.5. The molecule has 2 aromatic carbocycles. The van der Waals surface area contributed by atoms with E-state index >= 15 is 0 Å². The highest BCUT2D eigenvalue weighted by Crippen LogP contribution is 2.48. The third-order valence-corrected chi connectivity index (χ3v) is 7.51. The van der Waals surface area contributed by atoms with Gasteiger partial charge in [0, 0.05) is 29.9 Å². The van der Waals surface area contributed by atoms with Crippen LogP contribution in [-0.4, -0.2) is 60.6 Å². The van der Waals surface area contributed by atoms with E-state index in [1.807, 2.05) is 48.5 Å². The third kappa shape index (κ3) is 2.61. The molecule has 2 aromatic rings. The molecule has 1 unspecified atom stereocenters. The summed E-state index contributed by atoms with van der Waals surface area (Å²) in [5.41, 5.74) is 1.34. The van der Waals surface area contributed by atoms with E-state index < -0.39 is 11.6 Å². The second kappa shape index (κ2) is 6.14. The van der Waals surface area contributed by atoms with Gasteiger partial charge in [0.2, 0.25) is 5.60 Å². The molecule has 4 heterocycles. The predicted molar refractivity (Wildman–Crippen MR) is 107 cm³/mol. The predicted octanol–water partition coefficient (Wildman–Crippen LogP) is 2.45. The smallest absolute Gasteiger partial charge is 0.348 e. The van der Waals surface area contributed by atoms with Crippen LogP contribution in [0.1, 0.15) is 24.0 Å². The van der Waals surface area contributed by atoms with Crippen LogP contribution in [0.2, 0.25) is 0 Å². The zero-order chi connectivity index (χ0) is 19.6. The summed E-state index contributed by atoms with van der Waals surface area (Å²) in [5.74, 6) is -0.135. The fourth-order valence-corrected chi connectivity index (χ4v) is 5.87. The van der Waals surface area contributed by atoms with Crippen molar-refractivity contribution in [1.82, 2.24) is 0 Å². The van der Waals surface area contributed by atoms with Crippen LogP contribution >= 0.6 is 0 Å². The summed E-state index contributed by atoms with van der Waals surface area (Å²) in [6.45, 7) is 5.02. The number of hydrogen-bond donors (Lipinski definition) is 1. The van der Waals surface area contributed by atoms with Crippen molar-refractivity contribution in [3.63, 3.8) is 0 Å². The lowest BCUT2D eigenvalue weighted by atomic mass is 9.82. The Kier molecular flexibility index (Phi) is 3.74. The maximum Gasteiger partial charge on any atom is 0.348 e. The molecule has 4 saturated heterocycles. The van der Waals surface area contributed by atoms with Crippen molar-refractivity contribution >= 4 is 5.97 Å². The van der Waals surface area contributed by atoms with Crippen molar-refractivity contribution in [3.8, 4) is 11.1 Å². The minimum absolute atomic E-state index is 0.132. The number of carbonyl (C=O) groups is 1. The molecule has 5 heteroatoms. The van der Waals surface area contributed by atoms with Crippen LogP contribution in [0.3, 0.4) is 0 Å². The lowest BCUT2D eigenvalue weighted by Crippen LogP contribution is -2.65. The fraction of sp³-hybridized carbons (Fsp3) is 0.458. The molecular formula is C24H26NO4+. The molecule has 2 bridgehead atoms. The number of benzene rings is 2. The number of nitrogens with zero attached hydrogens (tertiary/aromatic N) is 1. The first-order valence-electron chi connectivity index (χ1n) is 10.7. The zero-order valence-electron chi connectivity index (χ0n) is 16.4. The third-order valence-electron chi connectivity index (χ3n) is 7.51. The van der Waals surface area contributed by atoms with Crippen LogP contribution in [0.25, 0.3) is 11.1 Å². The average Bonchev–Trinajstić information content (AvgIpc) is 3.52. The largest absolute Gasteiger partial charge is 0.453 e. The fourth-order valence-electron chi connectivity index (χ4n) is 5.87. The average molecular weight is 392 g/mol. The van der Waals surface area contributed by atoms with E-state index in [1.54, 1.807) is 0 Å². The van der Waals surface area contributed by atoms with E-state index in [4.69, 9.17) is 9.47 Å². The first-order valence-corrected chi connectivity index (χ1v) is 10.7. The number of epoxide rings is 1. The Morgan fingerprint density at radius 3 is 2.24 bits per heavy atom. The lowest BCUT2D eigenvalue weighted by molar-refractivity contribution is -0.946. The normalized spacial score (nSPS) is 33.1. The number of piperidine rings is 3. The summed E-state index contributed by atoms with van der Waals surface area (Å²) in [6, 6.07) is 15.2. The van der Waals surface area contributed by atoms with E-state index in [2.05, 4.69) is 0 Å². The van der Waals surface area contributed by atoms with Crippen molar-refractivity contribution < 1.29 is 23.9 Å². The first kappa shape index (κ1) is 17.6. The molecule has 1 aliphatic carbocycles. The Morgan fingerprint density at radius 2 is 1.66 bits per heavy atom. The molecular weight excluding hydrogens is 366 g/mol. The van der Waals surface area contributed by atoms with E-state index in [9.17, 15) is 9.90 Å². The Labute approximate surface area is 170 Å². The molecule has 7 rings (SSSR count). The maximum atomic E-state index is 13.5. The second-order valence-corrected chi connectivity index (χ2v) is 9.19. The second-order valence-electron chi connectivity index (χ2n) is 9.19. The summed E-state index contributed by atoms with van der Waals surface area (Å²) in [6.07, 6.45) is 2.40. The van der Waals surface area contributed by atoms with Gasteiger partial charge >= 0.3 is 5.97 Å². The number of fused-ring (bicyclic) bond motifs is 6. The van der Waals surface area contributed by atoms with Crippen LogP contribution in [0.4, 0.5) is 0 Å². The van der Waals surface area contributed by atoms with E-state index in [-0.39, 0.29) is 6.10 Å². The summed E-state index contributed by atoms with van der Waals surface area (Å²) >= 11 is 0. The minimum Gasteiger partial charge on any atom is -0.453 e. The Bertz CT molecular complexity index is 929. The van der Waals surface area contributed by atoms with Gasteiger partial charge in [-0.15, -0.1) is 0 Å². The standard InChI is InChI=1S/C24H26NO4/c26-23(29-22-14-25(13-17-15-28-17)11-9-16(22)10-12-25)24(27)20-7-3-1-5-18(20)19-6-2-4-8-21(19)24/h1-8,16-17,22,27H,9-15H2/q+1/t16?,17?,22-,25?/m0/s1. The van der Waals surface area contributed by atoms with E-state index in [0.717, 1.165) is 61.2 Å². The zero-order valence-corrected chi connectivity index (χ0v) is 16.4. The van der Waals surface area contributed by atoms with Crippen LogP contribution < -0.4 is 0 Å². The van der Waals surface area contributed by atoms with Gasteiger partial charge < -0.3 is 19.1 Å². The SMILES string of the molecule is O=C(O[C@H]1C[N+]2(CC3CO3)CCC1CC2)C1(O)c2ccccc2-c2ccccc21. The van der Waals surface area contributed by atoms with E-state index in [0.29, 0.717) is 23.1 Å². The topological polar surface area (TPSA) is 59.1 Å². The molecule has 0 amide bonds. The van der Waals surface area contributed by atoms with Gasteiger partial charge in [0.05, 0.1) is 19.7 Å². The molecule has 150 valence electrons. The molecule has 2 atom stereocenters. The minimum atomic E-state index is -1.73. The van der Waals surface area contributed by atoms with Gasteiger partial charge in [-0.25, -0.2) is 4.79 Å². The molecule has 5 aliphatic rings. The molecule has 29 heavy (non-hydrogen) atoms. The van der Waals surface area contributed by atoms with Crippen molar-refractivity contribution in [2.75, 3.05) is 32.8 Å². The van der Waals surface area contributed by atoms with Gasteiger partial charge in [-0.3, -0.25) is 0 Å². The maximum absolute atomic E-state index is 13.5. The van der Waals surface area contributed by atoms with Gasteiger partial charge in [-0.2, -0.15) is 0 Å². The number of esters is 1. The molecule has 0 saturated carbocycles. The molecule has 0 aromatic heterocycles. The first-order chi connectivity index (χ1) is 14.1. The Balaban J connectivity index is 1.31. The van der Waals surface area contributed by atoms with Crippen molar-refractivity contribution in [1.29, 1.82) is 0 Å². The monoisotopic (exact) mass is 392 g/mol. The van der Waals surface area contributed by atoms with Gasteiger partial charge in [0.15, 0.2) is 6.10 Å². The van der Waals surface area contributed by atoms with Crippen molar-refractivity contribution in [2.24, 2.45) is 5.92 Å². The van der Waals surface area contributed by atoms with Crippen LogP contribution in [0.15, 0.2) is 48.5 Å². The van der Waals surface area contributed by atoms with Gasteiger partial charge in [0.25, 0.3) is 0 Å². The van der Waals surface area contributed by atoms with Gasteiger partial charge in [-0.05, 0) is 11.1 Å². The summed E-state index contributed by atoms with van der Waals surface area (Å²) in [7, 11) is 0. The molecule has 4 aliphatic heterocycles. The van der Waals surface area contributed by atoms with Crippen LogP contribution in [0, 0.1) is 5.92 Å². The summed E-state index contributed by atoms with van der Waals surface area (Å²) < 4.78 is 12.6. The number of aliphatic hydroxyl groups is 1. The van der Waals surface area contributed by atoms with Crippen LogP contribution in [-0.2, 0) is 19.9 Å². The number of ether oxygens (including phenoxy) is 2. The quantitative estimate of drug-likeness (QED) is 0.493. The van der Waals surface area contributed by atoms with Gasteiger partial charge in [0.1, 0.15) is 19.2 Å². The van der Waals surface area contributed by atoms with Crippen molar-refractivity contribution in [3.05, 3.63) is 59.7 Å². The highest BCUT2D eigenvalue weighted by Gasteiger charge is 2.54. The Morgan fingerprint density at radius 1 is 1.07 bits per heavy atom. The lowest BCUT2D eigenvalue weighted by Gasteiger charge is -2.52. The highest BCUT2D eigenvalue weighted by molar-refractivity contribution is 5.96.